The predicted octanol–water partition coefficient (Wildman–Crippen LogP) is 3.47. The summed E-state index contributed by atoms with van der Waals surface area (Å²) in [4.78, 5) is 5.92. The van der Waals surface area contributed by atoms with E-state index in [-0.39, 0.29) is 6.04 Å². The smallest absolute Gasteiger partial charge is 0.119 e. The third kappa shape index (κ3) is 3.14. The van der Waals surface area contributed by atoms with Crippen LogP contribution in [-0.2, 0) is 0 Å². The zero-order chi connectivity index (χ0) is 13.8. The van der Waals surface area contributed by atoms with Crippen molar-refractivity contribution in [1.29, 1.82) is 0 Å². The van der Waals surface area contributed by atoms with Crippen LogP contribution in [0.15, 0.2) is 24.3 Å². The first-order chi connectivity index (χ1) is 9.15. The number of hydrogen-bond donors (Lipinski definition) is 1. The Hall–Kier alpha value is -1.39. The van der Waals surface area contributed by atoms with Crippen LogP contribution in [-0.4, -0.2) is 18.6 Å². The standard InChI is InChI=1S/C15H20N2OS/c1-5-18-13-8-6-7-12(9-13)14(16-4)15-17-10(2)11(3)19-15/h6-9,14,16H,5H2,1-4H3. The van der Waals surface area contributed by atoms with Crippen molar-refractivity contribution >= 4 is 11.3 Å². The average molecular weight is 276 g/mol. The van der Waals surface area contributed by atoms with Crippen molar-refractivity contribution in [3.8, 4) is 5.75 Å². The first-order valence-corrected chi connectivity index (χ1v) is 7.31. The Morgan fingerprint density at radius 1 is 1.37 bits per heavy atom. The van der Waals surface area contributed by atoms with Gasteiger partial charge in [0.2, 0.25) is 0 Å². The van der Waals surface area contributed by atoms with Gasteiger partial charge < -0.3 is 10.1 Å². The summed E-state index contributed by atoms with van der Waals surface area (Å²) in [6, 6.07) is 8.32. The van der Waals surface area contributed by atoms with Crippen molar-refractivity contribution in [2.75, 3.05) is 13.7 Å². The summed E-state index contributed by atoms with van der Waals surface area (Å²) in [5, 5.41) is 4.44. The molecule has 19 heavy (non-hydrogen) atoms. The van der Waals surface area contributed by atoms with Gasteiger partial charge in [0.25, 0.3) is 0 Å². The SMILES string of the molecule is CCOc1cccc(C(NC)c2nc(C)c(C)s2)c1. The van der Waals surface area contributed by atoms with Gasteiger partial charge in [-0.1, -0.05) is 12.1 Å². The number of nitrogens with zero attached hydrogens (tertiary/aromatic N) is 1. The van der Waals surface area contributed by atoms with E-state index in [1.165, 1.54) is 10.4 Å². The van der Waals surface area contributed by atoms with Crippen molar-refractivity contribution in [1.82, 2.24) is 10.3 Å². The van der Waals surface area contributed by atoms with Gasteiger partial charge in [0.1, 0.15) is 10.8 Å². The monoisotopic (exact) mass is 276 g/mol. The fourth-order valence-corrected chi connectivity index (χ4v) is 3.07. The number of nitrogens with one attached hydrogen (secondary N) is 1. The number of aromatic nitrogens is 1. The molecule has 2 aromatic rings. The van der Waals surface area contributed by atoms with Gasteiger partial charge in [-0.05, 0) is 45.5 Å². The molecule has 0 bridgehead atoms. The molecule has 102 valence electrons. The normalized spacial score (nSPS) is 12.4. The molecule has 0 amide bonds. The molecule has 4 heteroatoms. The van der Waals surface area contributed by atoms with E-state index in [9.17, 15) is 0 Å². The van der Waals surface area contributed by atoms with Gasteiger partial charge in [-0.3, -0.25) is 0 Å². The maximum Gasteiger partial charge on any atom is 0.119 e. The van der Waals surface area contributed by atoms with E-state index in [2.05, 4.69) is 36.3 Å². The van der Waals surface area contributed by atoms with Crippen LogP contribution in [0.25, 0.3) is 0 Å². The van der Waals surface area contributed by atoms with Crippen LogP contribution >= 0.6 is 11.3 Å². The summed E-state index contributed by atoms with van der Waals surface area (Å²) in [6.45, 7) is 6.84. The van der Waals surface area contributed by atoms with Crippen LogP contribution < -0.4 is 10.1 Å². The van der Waals surface area contributed by atoms with Gasteiger partial charge >= 0.3 is 0 Å². The van der Waals surface area contributed by atoms with E-state index < -0.39 is 0 Å². The highest BCUT2D eigenvalue weighted by atomic mass is 32.1. The Kier molecular flexibility index (Phi) is 4.56. The van der Waals surface area contributed by atoms with Crippen molar-refractivity contribution in [2.45, 2.75) is 26.8 Å². The van der Waals surface area contributed by atoms with E-state index in [0.29, 0.717) is 6.61 Å². The van der Waals surface area contributed by atoms with E-state index in [1.54, 1.807) is 11.3 Å². The molecule has 0 radical (unpaired) electrons. The molecule has 1 aromatic heterocycles. The first kappa shape index (κ1) is 14.0. The highest BCUT2D eigenvalue weighted by Crippen LogP contribution is 2.29. The van der Waals surface area contributed by atoms with E-state index >= 15 is 0 Å². The summed E-state index contributed by atoms with van der Waals surface area (Å²) < 4.78 is 5.56. The lowest BCUT2D eigenvalue weighted by atomic mass is 10.1. The lowest BCUT2D eigenvalue weighted by Crippen LogP contribution is -2.17. The molecule has 0 saturated heterocycles. The number of aryl methyl sites for hydroxylation is 2. The fourth-order valence-electron chi connectivity index (χ4n) is 2.00. The highest BCUT2D eigenvalue weighted by Gasteiger charge is 2.17. The Bertz CT molecular complexity index is 531. The van der Waals surface area contributed by atoms with Crippen LogP contribution in [0.2, 0.25) is 0 Å². The molecular weight excluding hydrogens is 256 g/mol. The third-order valence-corrected chi connectivity index (χ3v) is 4.22. The van der Waals surface area contributed by atoms with Gasteiger partial charge in [0.15, 0.2) is 0 Å². The summed E-state index contributed by atoms with van der Waals surface area (Å²) in [5.74, 6) is 0.908. The van der Waals surface area contributed by atoms with Crippen LogP contribution in [0.4, 0.5) is 0 Å². The fraction of sp³-hybridized carbons (Fsp3) is 0.400. The number of thiazole rings is 1. The molecule has 1 atom stereocenters. The topological polar surface area (TPSA) is 34.1 Å². The van der Waals surface area contributed by atoms with E-state index in [4.69, 9.17) is 4.74 Å². The van der Waals surface area contributed by atoms with Crippen molar-refractivity contribution < 1.29 is 4.74 Å². The minimum atomic E-state index is 0.123. The summed E-state index contributed by atoms with van der Waals surface area (Å²) >= 11 is 1.75. The lowest BCUT2D eigenvalue weighted by Gasteiger charge is -2.15. The number of rotatable bonds is 5. The molecule has 0 fully saturated rings. The quantitative estimate of drug-likeness (QED) is 0.908. The van der Waals surface area contributed by atoms with Gasteiger partial charge in [-0.15, -0.1) is 11.3 Å². The molecule has 0 aliphatic carbocycles. The van der Waals surface area contributed by atoms with Crippen LogP contribution in [0, 0.1) is 13.8 Å². The second kappa shape index (κ2) is 6.17. The number of hydrogen-bond acceptors (Lipinski definition) is 4. The number of ether oxygens (including phenoxy) is 1. The Labute approximate surface area is 118 Å². The maximum absolute atomic E-state index is 5.56. The first-order valence-electron chi connectivity index (χ1n) is 6.49. The molecule has 1 aromatic carbocycles. The van der Waals surface area contributed by atoms with Gasteiger partial charge in [0.05, 0.1) is 18.3 Å². The minimum absolute atomic E-state index is 0.123. The van der Waals surface area contributed by atoms with Crippen molar-refractivity contribution in [3.63, 3.8) is 0 Å². The Morgan fingerprint density at radius 2 is 2.16 bits per heavy atom. The second-order valence-electron chi connectivity index (χ2n) is 4.42. The molecule has 0 aliphatic rings. The third-order valence-electron chi connectivity index (χ3n) is 3.08. The second-order valence-corrected chi connectivity index (χ2v) is 5.66. The molecule has 1 heterocycles. The van der Waals surface area contributed by atoms with Crippen molar-refractivity contribution in [2.24, 2.45) is 0 Å². The Morgan fingerprint density at radius 3 is 2.74 bits per heavy atom. The molecule has 2 rings (SSSR count). The molecule has 0 saturated carbocycles. The zero-order valence-electron chi connectivity index (χ0n) is 11.9. The molecule has 1 N–H and O–H groups in total. The lowest BCUT2D eigenvalue weighted by molar-refractivity contribution is 0.339. The van der Waals surface area contributed by atoms with E-state index in [0.717, 1.165) is 16.5 Å². The Balaban J connectivity index is 2.33. The molecule has 1 unspecified atom stereocenters. The summed E-state index contributed by atoms with van der Waals surface area (Å²) in [5.41, 5.74) is 2.29. The minimum Gasteiger partial charge on any atom is -0.494 e. The van der Waals surface area contributed by atoms with Gasteiger partial charge in [0, 0.05) is 4.88 Å². The maximum atomic E-state index is 5.56. The summed E-state index contributed by atoms with van der Waals surface area (Å²) in [6.07, 6.45) is 0. The zero-order valence-corrected chi connectivity index (χ0v) is 12.7. The van der Waals surface area contributed by atoms with E-state index in [1.807, 2.05) is 26.1 Å². The summed E-state index contributed by atoms with van der Waals surface area (Å²) in [7, 11) is 1.96. The van der Waals surface area contributed by atoms with Crippen LogP contribution in [0.1, 0.15) is 34.1 Å². The number of benzene rings is 1. The van der Waals surface area contributed by atoms with Crippen molar-refractivity contribution in [3.05, 3.63) is 45.4 Å². The van der Waals surface area contributed by atoms with Crippen LogP contribution in [0.5, 0.6) is 5.75 Å². The van der Waals surface area contributed by atoms with Crippen LogP contribution in [0.3, 0.4) is 0 Å². The molecule has 3 nitrogen and oxygen atoms in total. The molecular formula is C15H20N2OS. The molecule has 0 aliphatic heterocycles. The van der Waals surface area contributed by atoms with Gasteiger partial charge in [-0.25, -0.2) is 4.98 Å². The largest absolute Gasteiger partial charge is 0.494 e. The van der Waals surface area contributed by atoms with Gasteiger partial charge in [-0.2, -0.15) is 0 Å². The molecule has 0 spiro atoms. The highest BCUT2D eigenvalue weighted by molar-refractivity contribution is 7.11. The average Bonchev–Trinajstić information content (AvgIpc) is 2.71. The predicted molar refractivity (Wildman–Crippen MR) is 80.1 cm³/mol.